The quantitative estimate of drug-likeness (QED) is 0.385. The minimum absolute atomic E-state index is 0.391. The van der Waals surface area contributed by atoms with Crippen LogP contribution in [0, 0.1) is 5.92 Å². The molecule has 2 heterocycles. The van der Waals surface area contributed by atoms with Crippen LogP contribution >= 0.6 is 0 Å². The number of ether oxygens (including phenoxy) is 1. The molecule has 0 saturated heterocycles. The first-order chi connectivity index (χ1) is 15.8. The molecule has 2 aromatic heterocycles. The van der Waals surface area contributed by atoms with Gasteiger partial charge in [0.1, 0.15) is 12.4 Å². The van der Waals surface area contributed by atoms with Crippen LogP contribution in [-0.4, -0.2) is 25.2 Å². The van der Waals surface area contributed by atoms with E-state index in [1.54, 1.807) is 11.0 Å². The molecular weight excluding hydrogens is 398 g/mol. The van der Waals surface area contributed by atoms with Crippen LogP contribution in [-0.2, 0) is 13.2 Å². The molecule has 4 aromatic rings. The number of hydrogen-bond acceptors (Lipinski definition) is 5. The van der Waals surface area contributed by atoms with Crippen LogP contribution < -0.4 is 4.74 Å². The third-order valence-corrected chi connectivity index (χ3v) is 6.24. The first kappa shape index (κ1) is 20.4. The van der Waals surface area contributed by atoms with Crippen molar-refractivity contribution in [1.82, 2.24) is 25.2 Å². The van der Waals surface area contributed by atoms with Crippen molar-refractivity contribution in [1.29, 1.82) is 0 Å². The predicted molar refractivity (Wildman–Crippen MR) is 123 cm³/mol. The molecule has 162 valence electrons. The molecule has 0 radical (unpaired) electrons. The minimum atomic E-state index is 0.391. The zero-order chi connectivity index (χ0) is 21.8. The summed E-state index contributed by atoms with van der Waals surface area (Å²) in [6.45, 7) is 3.20. The Morgan fingerprint density at radius 3 is 2.31 bits per heavy atom. The Morgan fingerprint density at radius 1 is 0.969 bits per heavy atom. The SMILES string of the molecule is CCn1nnc(-c2ccc(C(c3ccc(OCc4ccccn4)cc3)C3CCC3)cc2)n1. The molecule has 1 fully saturated rings. The summed E-state index contributed by atoms with van der Waals surface area (Å²) in [4.78, 5) is 5.93. The van der Waals surface area contributed by atoms with E-state index in [-0.39, 0.29) is 0 Å². The van der Waals surface area contributed by atoms with Gasteiger partial charge in [-0.05, 0) is 66.3 Å². The molecule has 1 unspecified atom stereocenters. The number of tetrazole rings is 1. The van der Waals surface area contributed by atoms with E-state index in [2.05, 4.69) is 68.9 Å². The second-order valence-electron chi connectivity index (χ2n) is 8.27. The first-order valence-electron chi connectivity index (χ1n) is 11.3. The van der Waals surface area contributed by atoms with Gasteiger partial charge in [-0.1, -0.05) is 48.9 Å². The topological polar surface area (TPSA) is 65.7 Å². The summed E-state index contributed by atoms with van der Waals surface area (Å²) in [6, 6.07) is 23.1. The third kappa shape index (κ3) is 4.40. The number of aryl methyl sites for hydroxylation is 1. The zero-order valence-corrected chi connectivity index (χ0v) is 18.3. The van der Waals surface area contributed by atoms with Crippen LogP contribution in [0.25, 0.3) is 11.4 Å². The molecule has 0 spiro atoms. The fourth-order valence-electron chi connectivity index (χ4n) is 4.25. The summed E-state index contributed by atoms with van der Waals surface area (Å²) in [5.41, 5.74) is 4.60. The van der Waals surface area contributed by atoms with E-state index in [1.165, 1.54) is 30.4 Å². The van der Waals surface area contributed by atoms with Gasteiger partial charge in [0.05, 0.1) is 12.2 Å². The Balaban J connectivity index is 1.33. The van der Waals surface area contributed by atoms with Crippen LogP contribution in [0.15, 0.2) is 72.9 Å². The standard InChI is InChI=1S/C26H27N5O/c1-2-31-29-26(28-30-31)22-11-9-20(10-12-22)25(19-6-5-7-19)21-13-15-24(16-14-21)32-18-23-8-3-4-17-27-23/h3-4,8-17,19,25H,2,5-7,18H2,1H3. The number of rotatable bonds is 8. The van der Waals surface area contributed by atoms with Gasteiger partial charge in [0.25, 0.3) is 0 Å². The lowest BCUT2D eigenvalue weighted by Gasteiger charge is -2.34. The molecule has 2 aromatic carbocycles. The summed E-state index contributed by atoms with van der Waals surface area (Å²) >= 11 is 0. The Hall–Kier alpha value is -3.54. The molecule has 5 rings (SSSR count). The minimum Gasteiger partial charge on any atom is -0.487 e. The maximum Gasteiger partial charge on any atom is 0.204 e. The second kappa shape index (κ2) is 9.30. The number of benzene rings is 2. The molecule has 6 nitrogen and oxygen atoms in total. The largest absolute Gasteiger partial charge is 0.487 e. The van der Waals surface area contributed by atoms with E-state index in [0.29, 0.717) is 24.3 Å². The van der Waals surface area contributed by atoms with Crippen molar-refractivity contribution in [3.8, 4) is 17.1 Å². The lowest BCUT2D eigenvalue weighted by molar-refractivity contribution is 0.283. The highest BCUT2D eigenvalue weighted by Gasteiger charge is 2.29. The first-order valence-corrected chi connectivity index (χ1v) is 11.3. The van der Waals surface area contributed by atoms with E-state index in [0.717, 1.165) is 23.6 Å². The highest BCUT2D eigenvalue weighted by molar-refractivity contribution is 5.55. The van der Waals surface area contributed by atoms with Crippen LogP contribution in [0.5, 0.6) is 5.75 Å². The summed E-state index contributed by atoms with van der Waals surface area (Å²) in [6.07, 6.45) is 5.65. The lowest BCUT2D eigenvalue weighted by atomic mass is 9.70. The molecule has 0 bridgehead atoms. The second-order valence-corrected chi connectivity index (χ2v) is 8.27. The van der Waals surface area contributed by atoms with E-state index in [1.807, 2.05) is 25.1 Å². The molecule has 1 aliphatic rings. The average molecular weight is 426 g/mol. The number of pyridine rings is 1. The van der Waals surface area contributed by atoms with Crippen molar-refractivity contribution in [2.45, 2.75) is 45.3 Å². The van der Waals surface area contributed by atoms with Crippen LogP contribution in [0.3, 0.4) is 0 Å². The van der Waals surface area contributed by atoms with Crippen molar-refractivity contribution < 1.29 is 4.74 Å². The molecule has 0 N–H and O–H groups in total. The van der Waals surface area contributed by atoms with E-state index >= 15 is 0 Å². The van der Waals surface area contributed by atoms with Gasteiger partial charge in [-0.3, -0.25) is 4.98 Å². The van der Waals surface area contributed by atoms with Crippen molar-refractivity contribution in [2.75, 3.05) is 0 Å². The maximum absolute atomic E-state index is 5.92. The Morgan fingerprint density at radius 2 is 1.72 bits per heavy atom. The number of nitrogens with zero attached hydrogens (tertiary/aromatic N) is 5. The van der Waals surface area contributed by atoms with Crippen LogP contribution in [0.2, 0.25) is 0 Å². The fourth-order valence-corrected chi connectivity index (χ4v) is 4.25. The van der Waals surface area contributed by atoms with Gasteiger partial charge in [0.2, 0.25) is 5.82 Å². The lowest BCUT2D eigenvalue weighted by Crippen LogP contribution is -2.21. The summed E-state index contributed by atoms with van der Waals surface area (Å²) in [5, 5.41) is 12.7. The number of hydrogen-bond donors (Lipinski definition) is 0. The zero-order valence-electron chi connectivity index (χ0n) is 18.3. The summed E-state index contributed by atoms with van der Waals surface area (Å²) < 4.78 is 5.92. The van der Waals surface area contributed by atoms with Gasteiger partial charge in [0, 0.05) is 17.7 Å². The van der Waals surface area contributed by atoms with E-state index in [9.17, 15) is 0 Å². The van der Waals surface area contributed by atoms with E-state index < -0.39 is 0 Å². The highest BCUT2D eigenvalue weighted by Crippen LogP contribution is 2.43. The Labute approximate surface area is 188 Å². The molecule has 1 saturated carbocycles. The maximum atomic E-state index is 5.92. The summed E-state index contributed by atoms with van der Waals surface area (Å²) in [7, 11) is 0. The smallest absolute Gasteiger partial charge is 0.204 e. The molecule has 1 atom stereocenters. The fraction of sp³-hybridized carbons (Fsp3) is 0.308. The molecule has 6 heteroatoms. The summed E-state index contributed by atoms with van der Waals surface area (Å²) in [5.74, 6) is 2.61. The van der Waals surface area contributed by atoms with Crippen molar-refractivity contribution in [2.24, 2.45) is 5.92 Å². The van der Waals surface area contributed by atoms with Gasteiger partial charge in [-0.25, -0.2) is 0 Å². The monoisotopic (exact) mass is 425 g/mol. The Kier molecular flexibility index (Phi) is 5.92. The van der Waals surface area contributed by atoms with Gasteiger partial charge in [-0.2, -0.15) is 4.80 Å². The average Bonchev–Trinajstić information content (AvgIpc) is 3.31. The molecule has 0 amide bonds. The molecular formula is C26H27N5O. The van der Waals surface area contributed by atoms with Gasteiger partial charge < -0.3 is 4.74 Å². The van der Waals surface area contributed by atoms with E-state index in [4.69, 9.17) is 4.74 Å². The van der Waals surface area contributed by atoms with Gasteiger partial charge >= 0.3 is 0 Å². The Bertz CT molecular complexity index is 1140. The van der Waals surface area contributed by atoms with Crippen LogP contribution in [0.1, 0.15) is 48.9 Å². The van der Waals surface area contributed by atoms with Crippen molar-refractivity contribution in [3.63, 3.8) is 0 Å². The van der Waals surface area contributed by atoms with Crippen LogP contribution in [0.4, 0.5) is 0 Å². The highest BCUT2D eigenvalue weighted by atomic mass is 16.5. The van der Waals surface area contributed by atoms with Crippen molar-refractivity contribution in [3.05, 3.63) is 89.7 Å². The van der Waals surface area contributed by atoms with Gasteiger partial charge in [-0.15, -0.1) is 10.2 Å². The molecule has 1 aliphatic carbocycles. The normalized spacial score (nSPS) is 14.7. The predicted octanol–water partition coefficient (Wildman–Crippen LogP) is 5.27. The van der Waals surface area contributed by atoms with Crippen molar-refractivity contribution >= 4 is 0 Å². The molecule has 32 heavy (non-hydrogen) atoms. The molecule has 0 aliphatic heterocycles. The van der Waals surface area contributed by atoms with Gasteiger partial charge in [0.15, 0.2) is 0 Å². The number of aromatic nitrogens is 5. The third-order valence-electron chi connectivity index (χ3n) is 6.24.